The summed E-state index contributed by atoms with van der Waals surface area (Å²) in [6.07, 6.45) is 1.45. The number of nitrogens with zero attached hydrogens (tertiary/aromatic N) is 3. The Bertz CT molecular complexity index is 751. The van der Waals surface area contributed by atoms with Crippen molar-refractivity contribution in [1.29, 1.82) is 0 Å². The average Bonchev–Trinajstić information content (AvgIpc) is 2.88. The van der Waals surface area contributed by atoms with E-state index < -0.39 is 0 Å². The van der Waals surface area contributed by atoms with Crippen molar-refractivity contribution < 1.29 is 0 Å². The van der Waals surface area contributed by atoms with Crippen molar-refractivity contribution in [2.24, 2.45) is 0 Å². The lowest BCUT2D eigenvalue weighted by molar-refractivity contribution is 0.987. The molecule has 2 heterocycles. The molecule has 96 valence electrons. The third kappa shape index (κ3) is 2.37. The molecule has 1 aromatic carbocycles. The summed E-state index contributed by atoms with van der Waals surface area (Å²) in [5.74, 6) is 0.424. The monoisotopic (exact) mass is 319 g/mol. The molecule has 0 spiro atoms. The van der Waals surface area contributed by atoms with Gasteiger partial charge in [-0.1, -0.05) is 30.3 Å². The summed E-state index contributed by atoms with van der Waals surface area (Å²) in [7, 11) is 0. The number of halogens is 1. The van der Waals surface area contributed by atoms with Crippen LogP contribution in [-0.4, -0.2) is 19.9 Å². The predicted molar refractivity (Wildman–Crippen MR) is 76.1 cm³/mol. The van der Waals surface area contributed by atoms with Crippen LogP contribution in [-0.2, 0) is 6.54 Å². The highest BCUT2D eigenvalue weighted by Gasteiger charge is 2.10. The Balaban J connectivity index is 1.93. The molecule has 0 fully saturated rings. The highest BCUT2D eigenvalue weighted by atomic mass is 79.9. The molecule has 6 nitrogen and oxygen atoms in total. The topological polar surface area (TPSA) is 77.7 Å². The fourth-order valence-electron chi connectivity index (χ4n) is 1.76. The molecule has 0 aliphatic rings. The van der Waals surface area contributed by atoms with E-state index in [1.165, 1.54) is 6.33 Å². The first-order valence-electron chi connectivity index (χ1n) is 5.64. The van der Waals surface area contributed by atoms with Gasteiger partial charge in [0.1, 0.15) is 0 Å². The summed E-state index contributed by atoms with van der Waals surface area (Å²) in [6.45, 7) is 0.583. The Morgan fingerprint density at radius 2 is 2.05 bits per heavy atom. The van der Waals surface area contributed by atoms with Crippen LogP contribution in [0.15, 0.2) is 41.5 Å². The van der Waals surface area contributed by atoms with Gasteiger partial charge in [-0.15, -0.1) is 0 Å². The van der Waals surface area contributed by atoms with Gasteiger partial charge in [0.25, 0.3) is 5.56 Å². The lowest BCUT2D eigenvalue weighted by Gasteiger charge is -2.14. The molecule has 0 amide bonds. The van der Waals surface area contributed by atoms with E-state index in [1.807, 2.05) is 30.3 Å². The van der Waals surface area contributed by atoms with E-state index in [1.54, 1.807) is 3.93 Å². The van der Waals surface area contributed by atoms with Crippen LogP contribution < -0.4 is 9.49 Å². The Hall–Kier alpha value is -2.15. The van der Waals surface area contributed by atoms with Gasteiger partial charge in [0.2, 0.25) is 5.95 Å². The van der Waals surface area contributed by atoms with E-state index >= 15 is 0 Å². The van der Waals surface area contributed by atoms with Crippen molar-refractivity contribution in [2.45, 2.75) is 6.54 Å². The number of imidazole rings is 1. The van der Waals surface area contributed by atoms with E-state index in [-0.39, 0.29) is 5.56 Å². The lowest BCUT2D eigenvalue weighted by atomic mass is 10.2. The van der Waals surface area contributed by atoms with Gasteiger partial charge in [-0.25, -0.2) is 4.98 Å². The van der Waals surface area contributed by atoms with Crippen LogP contribution in [0.1, 0.15) is 5.56 Å². The third-order valence-corrected chi connectivity index (χ3v) is 3.26. The molecular weight excluding hydrogens is 310 g/mol. The number of aromatic amines is 2. The first-order valence-corrected chi connectivity index (χ1v) is 6.35. The lowest BCUT2D eigenvalue weighted by Crippen LogP contribution is -2.18. The molecule has 0 atom stereocenters. The fraction of sp³-hybridized carbons (Fsp3) is 0.0833. The number of aromatic nitrogens is 4. The van der Waals surface area contributed by atoms with Gasteiger partial charge >= 0.3 is 0 Å². The minimum absolute atomic E-state index is 0.241. The number of nitrogens with one attached hydrogen (secondary N) is 2. The second kappa shape index (κ2) is 4.85. The summed E-state index contributed by atoms with van der Waals surface area (Å²) in [5.41, 5.74) is 1.64. The van der Waals surface area contributed by atoms with E-state index in [2.05, 4.69) is 36.1 Å². The number of anilines is 1. The van der Waals surface area contributed by atoms with Crippen molar-refractivity contribution in [2.75, 3.05) is 3.93 Å². The van der Waals surface area contributed by atoms with Gasteiger partial charge < -0.3 is 4.98 Å². The van der Waals surface area contributed by atoms with Crippen LogP contribution in [0.4, 0.5) is 5.95 Å². The number of fused-ring (bicyclic) bond motifs is 1. The molecule has 19 heavy (non-hydrogen) atoms. The molecule has 7 heteroatoms. The number of hydrogen-bond acceptors (Lipinski definition) is 4. The normalized spacial score (nSPS) is 10.8. The van der Waals surface area contributed by atoms with Crippen molar-refractivity contribution in [1.82, 2.24) is 19.9 Å². The minimum Gasteiger partial charge on any atom is -0.339 e. The van der Waals surface area contributed by atoms with Crippen LogP contribution in [0, 0.1) is 0 Å². The van der Waals surface area contributed by atoms with Crippen molar-refractivity contribution in [3.63, 3.8) is 0 Å². The first-order chi connectivity index (χ1) is 9.24. The predicted octanol–water partition coefficient (Wildman–Crippen LogP) is 1.96. The molecule has 0 bridgehead atoms. The zero-order valence-corrected chi connectivity index (χ0v) is 11.4. The molecule has 2 N–H and O–H groups in total. The second-order valence-corrected chi connectivity index (χ2v) is 4.85. The summed E-state index contributed by atoms with van der Waals surface area (Å²) in [6, 6.07) is 9.88. The molecule has 2 aromatic heterocycles. The fourth-order valence-corrected chi connectivity index (χ4v) is 2.22. The van der Waals surface area contributed by atoms with Crippen LogP contribution in [0.25, 0.3) is 11.2 Å². The minimum atomic E-state index is -0.241. The van der Waals surface area contributed by atoms with Gasteiger partial charge in [0.05, 0.1) is 29.0 Å². The van der Waals surface area contributed by atoms with E-state index in [0.717, 1.165) is 5.56 Å². The second-order valence-electron chi connectivity index (χ2n) is 4.00. The van der Waals surface area contributed by atoms with Gasteiger partial charge in [-0.3, -0.25) is 13.7 Å². The quantitative estimate of drug-likeness (QED) is 0.723. The van der Waals surface area contributed by atoms with Gasteiger partial charge in [-0.05, 0) is 5.56 Å². The maximum absolute atomic E-state index is 11.8. The Labute approximate surface area is 116 Å². The van der Waals surface area contributed by atoms with Crippen LogP contribution in [0.2, 0.25) is 0 Å². The maximum atomic E-state index is 11.8. The van der Waals surface area contributed by atoms with Crippen molar-refractivity contribution in [3.05, 3.63) is 52.6 Å². The highest BCUT2D eigenvalue weighted by molar-refractivity contribution is 9.10. The molecule has 3 rings (SSSR count). The Morgan fingerprint density at radius 1 is 1.26 bits per heavy atom. The van der Waals surface area contributed by atoms with Gasteiger partial charge in [0, 0.05) is 0 Å². The Morgan fingerprint density at radius 3 is 2.84 bits per heavy atom. The number of H-pyrrole nitrogens is 2. The Kier molecular flexibility index (Phi) is 3.04. The van der Waals surface area contributed by atoms with Crippen LogP contribution >= 0.6 is 16.1 Å². The number of benzene rings is 1. The molecule has 0 saturated heterocycles. The SMILES string of the molecule is O=c1[nH]c(N(Br)Cc2ccccc2)nc2nc[nH]c12. The molecule has 0 aliphatic heterocycles. The highest BCUT2D eigenvalue weighted by Crippen LogP contribution is 2.16. The van der Waals surface area contributed by atoms with Crippen molar-refractivity contribution >= 4 is 33.3 Å². The zero-order valence-electron chi connectivity index (χ0n) is 9.80. The van der Waals surface area contributed by atoms with Crippen LogP contribution in [0.5, 0.6) is 0 Å². The van der Waals surface area contributed by atoms with E-state index in [4.69, 9.17) is 0 Å². The molecule has 3 aromatic rings. The zero-order chi connectivity index (χ0) is 13.2. The van der Waals surface area contributed by atoms with Gasteiger partial charge in [-0.2, -0.15) is 4.98 Å². The number of rotatable bonds is 3. The maximum Gasteiger partial charge on any atom is 0.278 e. The first kappa shape index (κ1) is 11.9. The summed E-state index contributed by atoms with van der Waals surface area (Å²) >= 11 is 3.39. The molecule has 0 aliphatic carbocycles. The van der Waals surface area contributed by atoms with Gasteiger partial charge in [0.15, 0.2) is 11.2 Å². The molecule has 0 saturated carbocycles. The average molecular weight is 320 g/mol. The van der Waals surface area contributed by atoms with Crippen LogP contribution in [0.3, 0.4) is 0 Å². The third-order valence-electron chi connectivity index (χ3n) is 2.68. The molecular formula is C12H10BrN5O. The van der Waals surface area contributed by atoms with Crippen molar-refractivity contribution in [3.8, 4) is 0 Å². The van der Waals surface area contributed by atoms with E-state index in [0.29, 0.717) is 23.7 Å². The standard InChI is InChI=1S/C12H10BrN5O/c13-18(6-8-4-2-1-3-5-8)12-16-10-9(11(19)17-12)14-7-15-10/h1-5,7H,6H2,(H2,14,15,16,17,19). The number of hydrogen-bond donors (Lipinski definition) is 2. The largest absolute Gasteiger partial charge is 0.339 e. The smallest absolute Gasteiger partial charge is 0.278 e. The van der Waals surface area contributed by atoms with E-state index in [9.17, 15) is 4.79 Å². The summed E-state index contributed by atoms with van der Waals surface area (Å²) in [4.78, 5) is 25.5. The summed E-state index contributed by atoms with van der Waals surface area (Å²) < 4.78 is 1.69. The molecule has 0 radical (unpaired) electrons. The molecule has 0 unspecified atom stereocenters. The summed E-state index contributed by atoms with van der Waals surface area (Å²) in [5, 5.41) is 0.